The number of fused-ring (bicyclic) bond motifs is 1. The Morgan fingerprint density at radius 2 is 2.29 bits per heavy atom. The Morgan fingerprint density at radius 3 is 2.93 bits per heavy atom. The van der Waals surface area contributed by atoms with Gasteiger partial charge in [0.1, 0.15) is 10.1 Å². The molecule has 0 saturated carbocycles. The summed E-state index contributed by atoms with van der Waals surface area (Å²) in [6.07, 6.45) is 0. The van der Waals surface area contributed by atoms with Crippen LogP contribution in [0.4, 0.5) is 4.39 Å². The highest BCUT2D eigenvalue weighted by molar-refractivity contribution is 9.10. The number of aromatic carboxylic acids is 1. The van der Waals surface area contributed by atoms with Crippen LogP contribution < -0.4 is 0 Å². The van der Waals surface area contributed by atoms with Crippen molar-refractivity contribution in [2.24, 2.45) is 0 Å². The second-order valence-electron chi connectivity index (χ2n) is 2.67. The van der Waals surface area contributed by atoms with Crippen molar-refractivity contribution in [3.8, 4) is 0 Å². The molecule has 72 valence electrons. The van der Waals surface area contributed by atoms with Crippen molar-refractivity contribution < 1.29 is 14.3 Å². The number of hydrogen-bond donors (Lipinski definition) is 2. The zero-order valence-corrected chi connectivity index (χ0v) is 8.30. The highest BCUT2D eigenvalue weighted by Gasteiger charge is 2.16. The van der Waals surface area contributed by atoms with E-state index in [0.717, 1.165) is 0 Å². The Morgan fingerprint density at radius 1 is 1.57 bits per heavy atom. The van der Waals surface area contributed by atoms with Crippen molar-refractivity contribution in [2.45, 2.75) is 0 Å². The maximum absolute atomic E-state index is 13.4. The molecule has 1 aromatic carbocycles. The van der Waals surface area contributed by atoms with Gasteiger partial charge in [-0.05, 0) is 28.1 Å². The van der Waals surface area contributed by atoms with E-state index in [2.05, 4.69) is 26.1 Å². The standard InChI is InChI=1S/C8H4BrFN2O2/c9-7-4-2-1-3(8(13)14)5(10)6(4)11-12-7/h1-2H,(H,11,12)(H,13,14). The molecule has 1 aromatic heterocycles. The molecule has 0 saturated heterocycles. The lowest BCUT2D eigenvalue weighted by Crippen LogP contribution is -2.00. The summed E-state index contributed by atoms with van der Waals surface area (Å²) in [5.41, 5.74) is -0.353. The molecule has 1 heterocycles. The number of aromatic nitrogens is 2. The predicted molar refractivity (Wildman–Crippen MR) is 50.7 cm³/mol. The number of carbonyl (C=O) groups is 1. The van der Waals surface area contributed by atoms with Gasteiger partial charge in [0.15, 0.2) is 5.82 Å². The molecule has 0 aliphatic rings. The first-order chi connectivity index (χ1) is 6.61. The fourth-order valence-electron chi connectivity index (χ4n) is 1.18. The minimum absolute atomic E-state index is 0.0248. The summed E-state index contributed by atoms with van der Waals surface area (Å²) in [4.78, 5) is 10.6. The van der Waals surface area contributed by atoms with Crippen molar-refractivity contribution in [3.05, 3.63) is 28.1 Å². The molecule has 4 nitrogen and oxygen atoms in total. The Balaban J connectivity index is 2.82. The number of aromatic amines is 1. The first-order valence-corrected chi connectivity index (χ1v) is 4.46. The lowest BCUT2D eigenvalue weighted by atomic mass is 10.1. The maximum atomic E-state index is 13.4. The van der Waals surface area contributed by atoms with Gasteiger partial charge in [0.05, 0.1) is 5.56 Å². The van der Waals surface area contributed by atoms with E-state index in [1.807, 2.05) is 0 Å². The molecule has 0 bridgehead atoms. The molecule has 2 aromatic rings. The molecule has 6 heteroatoms. The smallest absolute Gasteiger partial charge is 0.338 e. The van der Waals surface area contributed by atoms with E-state index in [0.29, 0.717) is 9.99 Å². The molecule has 0 fully saturated rings. The van der Waals surface area contributed by atoms with E-state index >= 15 is 0 Å². The van der Waals surface area contributed by atoms with Crippen molar-refractivity contribution in [2.75, 3.05) is 0 Å². The Bertz CT molecular complexity index is 523. The normalized spacial score (nSPS) is 10.7. The van der Waals surface area contributed by atoms with Crippen LogP contribution in [-0.4, -0.2) is 21.3 Å². The number of carboxylic acids is 1. The minimum atomic E-state index is -1.30. The Hall–Kier alpha value is -1.43. The lowest BCUT2D eigenvalue weighted by Gasteiger charge is -1.96. The third-order valence-electron chi connectivity index (χ3n) is 1.85. The zero-order chi connectivity index (χ0) is 10.3. The molecule has 0 amide bonds. The van der Waals surface area contributed by atoms with Gasteiger partial charge in [0.2, 0.25) is 0 Å². The summed E-state index contributed by atoms with van der Waals surface area (Å²) in [6.45, 7) is 0. The highest BCUT2D eigenvalue weighted by Crippen LogP contribution is 2.24. The van der Waals surface area contributed by atoms with Crippen LogP contribution in [0.5, 0.6) is 0 Å². The first-order valence-electron chi connectivity index (χ1n) is 3.66. The fourth-order valence-corrected chi connectivity index (χ4v) is 1.59. The molecule has 0 spiro atoms. The molecular weight excluding hydrogens is 255 g/mol. The van der Waals surface area contributed by atoms with Crippen molar-refractivity contribution >= 4 is 32.8 Å². The van der Waals surface area contributed by atoms with Gasteiger partial charge in [0.25, 0.3) is 0 Å². The zero-order valence-electron chi connectivity index (χ0n) is 6.71. The molecule has 0 aliphatic carbocycles. The third-order valence-corrected chi connectivity index (χ3v) is 2.45. The number of halogens is 2. The van der Waals surface area contributed by atoms with E-state index in [4.69, 9.17) is 5.11 Å². The Labute approximate surface area is 85.9 Å². The fraction of sp³-hybridized carbons (Fsp3) is 0. The van der Waals surface area contributed by atoms with Gasteiger partial charge in [-0.25, -0.2) is 9.18 Å². The summed E-state index contributed by atoms with van der Waals surface area (Å²) < 4.78 is 14.0. The van der Waals surface area contributed by atoms with Gasteiger partial charge in [-0.3, -0.25) is 5.10 Å². The molecule has 2 rings (SSSR count). The number of hydrogen-bond acceptors (Lipinski definition) is 2. The number of carboxylic acid groups (broad SMARTS) is 1. The van der Waals surface area contributed by atoms with E-state index in [9.17, 15) is 9.18 Å². The van der Waals surface area contributed by atoms with Gasteiger partial charge in [-0.2, -0.15) is 5.10 Å². The van der Waals surface area contributed by atoms with Gasteiger partial charge in [-0.1, -0.05) is 0 Å². The van der Waals surface area contributed by atoms with Crippen LogP contribution in [0.2, 0.25) is 0 Å². The quantitative estimate of drug-likeness (QED) is 0.824. The van der Waals surface area contributed by atoms with Crippen molar-refractivity contribution in [1.29, 1.82) is 0 Å². The minimum Gasteiger partial charge on any atom is -0.478 e. The lowest BCUT2D eigenvalue weighted by molar-refractivity contribution is 0.0692. The summed E-state index contributed by atoms with van der Waals surface area (Å²) in [5.74, 6) is -2.12. The van der Waals surface area contributed by atoms with Crippen LogP contribution in [0.25, 0.3) is 10.9 Å². The van der Waals surface area contributed by atoms with Gasteiger partial charge in [0, 0.05) is 5.39 Å². The molecule has 0 atom stereocenters. The molecule has 2 N–H and O–H groups in total. The highest BCUT2D eigenvalue weighted by atomic mass is 79.9. The first kappa shape index (κ1) is 9.14. The topological polar surface area (TPSA) is 66.0 Å². The maximum Gasteiger partial charge on any atom is 0.338 e. The van der Waals surface area contributed by atoms with Crippen LogP contribution in [0, 0.1) is 5.82 Å². The van der Waals surface area contributed by atoms with Crippen molar-refractivity contribution in [3.63, 3.8) is 0 Å². The van der Waals surface area contributed by atoms with Crippen LogP contribution in [-0.2, 0) is 0 Å². The van der Waals surface area contributed by atoms with Crippen molar-refractivity contribution in [1.82, 2.24) is 10.2 Å². The molecule has 0 aliphatic heterocycles. The number of nitrogens with zero attached hydrogens (tertiary/aromatic N) is 1. The molecule has 14 heavy (non-hydrogen) atoms. The average Bonchev–Trinajstić information content (AvgIpc) is 2.49. The van der Waals surface area contributed by atoms with Crippen LogP contribution in [0.1, 0.15) is 10.4 Å². The third kappa shape index (κ3) is 1.19. The van der Waals surface area contributed by atoms with Crippen LogP contribution in [0.3, 0.4) is 0 Å². The van der Waals surface area contributed by atoms with Gasteiger partial charge < -0.3 is 5.11 Å². The molecule has 0 unspecified atom stereocenters. The second kappa shape index (κ2) is 3.06. The van der Waals surface area contributed by atoms with Crippen LogP contribution in [0.15, 0.2) is 16.7 Å². The van der Waals surface area contributed by atoms with E-state index < -0.39 is 11.8 Å². The average molecular weight is 259 g/mol. The second-order valence-corrected chi connectivity index (χ2v) is 3.46. The summed E-state index contributed by atoms with van der Waals surface area (Å²) in [5, 5.41) is 15.3. The Kier molecular flexibility index (Phi) is 1.99. The number of benzene rings is 1. The summed E-state index contributed by atoms with van der Waals surface area (Å²) in [6, 6.07) is 2.70. The monoisotopic (exact) mass is 258 g/mol. The summed E-state index contributed by atoms with van der Waals surface area (Å²) >= 11 is 3.13. The summed E-state index contributed by atoms with van der Waals surface area (Å²) in [7, 11) is 0. The SMILES string of the molecule is O=C(O)c1ccc2c(Br)[nH]nc2c1F. The number of nitrogens with one attached hydrogen (secondary N) is 1. The van der Waals surface area contributed by atoms with E-state index in [1.165, 1.54) is 12.1 Å². The van der Waals surface area contributed by atoms with E-state index in [1.54, 1.807) is 0 Å². The number of H-pyrrole nitrogens is 1. The van der Waals surface area contributed by atoms with Gasteiger partial charge >= 0.3 is 5.97 Å². The van der Waals surface area contributed by atoms with Crippen LogP contribution >= 0.6 is 15.9 Å². The largest absolute Gasteiger partial charge is 0.478 e. The van der Waals surface area contributed by atoms with E-state index in [-0.39, 0.29) is 11.1 Å². The number of rotatable bonds is 1. The molecule has 0 radical (unpaired) electrons. The molecular formula is C8H4BrFN2O2. The predicted octanol–water partition coefficient (Wildman–Crippen LogP) is 2.16. The van der Waals surface area contributed by atoms with Gasteiger partial charge in [-0.15, -0.1) is 0 Å².